The van der Waals surface area contributed by atoms with Gasteiger partial charge < -0.3 is 30.7 Å². The maximum Gasteiger partial charge on any atom is 0.323 e. The number of nitrogens with one attached hydrogen (secondary N) is 4. The number of para-hydroxylation sites is 1. The topological polar surface area (TPSA) is 108 Å². The summed E-state index contributed by atoms with van der Waals surface area (Å²) in [7, 11) is 4.01. The molecule has 4 amide bonds. The van der Waals surface area contributed by atoms with Crippen LogP contribution >= 0.6 is 0 Å². The third-order valence-electron chi connectivity index (χ3n) is 6.11. The van der Waals surface area contributed by atoms with Crippen molar-refractivity contribution in [3.05, 3.63) is 59.8 Å². The van der Waals surface area contributed by atoms with E-state index < -0.39 is 0 Å². The Morgan fingerprint density at radius 1 is 1.11 bits per heavy atom. The summed E-state index contributed by atoms with van der Waals surface area (Å²) in [5.74, 6) is -0.209. The number of hydrogen-bond acceptors (Lipinski definition) is 4. The fourth-order valence-corrected chi connectivity index (χ4v) is 4.35. The molecule has 0 radical (unpaired) electrons. The molecule has 0 spiro atoms. The molecule has 9 nitrogen and oxygen atoms in total. The Kier molecular flexibility index (Phi) is 7.36. The Morgan fingerprint density at radius 3 is 2.69 bits per heavy atom. The molecule has 0 aliphatic carbocycles. The van der Waals surface area contributed by atoms with Crippen molar-refractivity contribution in [2.75, 3.05) is 44.4 Å². The van der Waals surface area contributed by atoms with Gasteiger partial charge in [-0.3, -0.25) is 9.59 Å². The lowest BCUT2D eigenvalue weighted by atomic mass is 10.1. The van der Waals surface area contributed by atoms with Crippen LogP contribution in [0.5, 0.6) is 0 Å². The summed E-state index contributed by atoms with van der Waals surface area (Å²) in [5.41, 5.74) is 3.69. The number of carbonyl (C=O) groups excluding carboxylic acids is 3. The minimum absolute atomic E-state index is 0.0381. The van der Waals surface area contributed by atoms with E-state index in [0.29, 0.717) is 24.5 Å². The predicted molar refractivity (Wildman–Crippen MR) is 138 cm³/mol. The van der Waals surface area contributed by atoms with Crippen molar-refractivity contribution in [3.8, 4) is 0 Å². The molecule has 184 valence electrons. The zero-order valence-corrected chi connectivity index (χ0v) is 20.4. The maximum atomic E-state index is 12.5. The van der Waals surface area contributed by atoms with E-state index in [1.54, 1.807) is 12.1 Å². The smallest absolute Gasteiger partial charge is 0.323 e. The standard InChI is InChI=1S/C26H32N6O3/c1-17-7-4-5-8-21(17)30-26(35)29-19-9-10-22-18(13-19)14-23-25(34)28-16-20(32(22)23)15-24(33)27-11-6-12-31(2)3/h4-5,7-10,13-14,20H,6,11-12,15-16H2,1-3H3,(H,27,33)(H,28,34)(H2,29,30,35). The number of amides is 4. The van der Waals surface area contributed by atoms with E-state index in [-0.39, 0.29) is 30.3 Å². The van der Waals surface area contributed by atoms with Gasteiger partial charge in [0.15, 0.2) is 0 Å². The average Bonchev–Trinajstić information content (AvgIpc) is 3.20. The Morgan fingerprint density at radius 2 is 1.91 bits per heavy atom. The average molecular weight is 477 g/mol. The van der Waals surface area contributed by atoms with Gasteiger partial charge in [0.2, 0.25) is 5.91 Å². The number of benzene rings is 2. The molecule has 0 fully saturated rings. The second kappa shape index (κ2) is 10.6. The van der Waals surface area contributed by atoms with Crippen molar-refractivity contribution in [3.63, 3.8) is 0 Å². The number of nitrogens with zero attached hydrogens (tertiary/aromatic N) is 2. The Hall–Kier alpha value is -3.85. The van der Waals surface area contributed by atoms with Crippen LogP contribution in [0.4, 0.5) is 16.2 Å². The molecule has 35 heavy (non-hydrogen) atoms. The summed E-state index contributed by atoms with van der Waals surface area (Å²) in [5, 5.41) is 12.4. The first-order chi connectivity index (χ1) is 16.8. The van der Waals surface area contributed by atoms with Crippen molar-refractivity contribution >= 4 is 40.1 Å². The molecule has 2 heterocycles. The number of fused-ring (bicyclic) bond motifs is 3. The first kappa shape index (κ1) is 24.3. The van der Waals surface area contributed by atoms with Crippen LogP contribution in [-0.2, 0) is 4.79 Å². The third kappa shape index (κ3) is 5.81. The van der Waals surface area contributed by atoms with Crippen LogP contribution in [0.1, 0.15) is 34.9 Å². The summed E-state index contributed by atoms with van der Waals surface area (Å²) in [6.45, 7) is 3.85. The quantitative estimate of drug-likeness (QED) is 0.374. The first-order valence-electron chi connectivity index (χ1n) is 11.8. The second-order valence-electron chi connectivity index (χ2n) is 9.14. The number of rotatable bonds is 8. The molecular formula is C26H32N6O3. The highest BCUT2D eigenvalue weighted by Gasteiger charge is 2.28. The van der Waals surface area contributed by atoms with E-state index in [0.717, 1.165) is 35.1 Å². The molecule has 0 saturated carbocycles. The van der Waals surface area contributed by atoms with Gasteiger partial charge in [-0.1, -0.05) is 18.2 Å². The maximum absolute atomic E-state index is 12.5. The molecule has 2 aromatic carbocycles. The van der Waals surface area contributed by atoms with Gasteiger partial charge in [0.25, 0.3) is 5.91 Å². The molecule has 4 N–H and O–H groups in total. The minimum atomic E-state index is -0.343. The number of urea groups is 1. The number of aryl methyl sites for hydroxylation is 1. The lowest BCUT2D eigenvalue weighted by Crippen LogP contribution is -2.41. The fraction of sp³-hybridized carbons (Fsp3) is 0.346. The summed E-state index contributed by atoms with van der Waals surface area (Å²) in [6, 6.07) is 14.4. The summed E-state index contributed by atoms with van der Waals surface area (Å²) in [6.07, 6.45) is 1.16. The molecule has 1 aliphatic rings. The van der Waals surface area contributed by atoms with Gasteiger partial charge in [-0.05, 0) is 69.9 Å². The van der Waals surface area contributed by atoms with Crippen LogP contribution in [0.3, 0.4) is 0 Å². The van der Waals surface area contributed by atoms with Crippen molar-refractivity contribution < 1.29 is 14.4 Å². The lowest BCUT2D eigenvalue weighted by molar-refractivity contribution is -0.121. The van der Waals surface area contributed by atoms with Crippen LogP contribution in [-0.4, -0.2) is 61.0 Å². The van der Waals surface area contributed by atoms with Crippen LogP contribution in [0.25, 0.3) is 10.9 Å². The molecule has 1 aromatic heterocycles. The lowest BCUT2D eigenvalue weighted by Gasteiger charge is -2.27. The van der Waals surface area contributed by atoms with Gasteiger partial charge in [-0.2, -0.15) is 0 Å². The molecule has 9 heteroatoms. The summed E-state index contributed by atoms with van der Waals surface area (Å²) < 4.78 is 1.94. The van der Waals surface area contributed by atoms with E-state index in [9.17, 15) is 14.4 Å². The number of aromatic nitrogens is 1. The Bertz CT molecular complexity index is 1250. The fourth-order valence-electron chi connectivity index (χ4n) is 4.35. The third-order valence-corrected chi connectivity index (χ3v) is 6.11. The van der Waals surface area contributed by atoms with Crippen LogP contribution in [0.2, 0.25) is 0 Å². The highest BCUT2D eigenvalue weighted by Crippen LogP contribution is 2.30. The first-order valence-corrected chi connectivity index (χ1v) is 11.8. The van der Waals surface area contributed by atoms with Crippen molar-refractivity contribution in [2.45, 2.75) is 25.8 Å². The molecule has 1 atom stereocenters. The Balaban J connectivity index is 1.47. The monoisotopic (exact) mass is 476 g/mol. The van der Waals surface area contributed by atoms with E-state index in [1.165, 1.54) is 0 Å². The van der Waals surface area contributed by atoms with E-state index in [2.05, 4.69) is 26.2 Å². The van der Waals surface area contributed by atoms with Gasteiger partial charge in [0, 0.05) is 41.8 Å². The molecule has 0 bridgehead atoms. The highest BCUT2D eigenvalue weighted by atomic mass is 16.2. The minimum Gasteiger partial charge on any atom is -0.356 e. The molecule has 3 aromatic rings. The summed E-state index contributed by atoms with van der Waals surface area (Å²) >= 11 is 0. The predicted octanol–water partition coefficient (Wildman–Crippen LogP) is 3.34. The summed E-state index contributed by atoms with van der Waals surface area (Å²) in [4.78, 5) is 39.7. The van der Waals surface area contributed by atoms with Crippen LogP contribution in [0.15, 0.2) is 48.5 Å². The zero-order valence-electron chi connectivity index (χ0n) is 20.4. The van der Waals surface area contributed by atoms with Gasteiger partial charge in [-0.15, -0.1) is 0 Å². The van der Waals surface area contributed by atoms with E-state index >= 15 is 0 Å². The molecule has 0 saturated heterocycles. The normalized spacial score (nSPS) is 15.0. The van der Waals surface area contributed by atoms with Crippen molar-refractivity contribution in [1.82, 2.24) is 20.1 Å². The van der Waals surface area contributed by atoms with E-state index in [1.807, 2.05) is 62.0 Å². The van der Waals surface area contributed by atoms with E-state index in [4.69, 9.17) is 0 Å². The van der Waals surface area contributed by atoms with Gasteiger partial charge in [0.1, 0.15) is 5.69 Å². The Labute approximate surface area is 204 Å². The SMILES string of the molecule is Cc1ccccc1NC(=O)Nc1ccc2c(c1)cc1n2C(CC(=O)NCCCN(C)C)CNC1=O. The van der Waals surface area contributed by atoms with Gasteiger partial charge in [0.05, 0.1) is 6.04 Å². The molecule has 1 unspecified atom stereocenters. The molecule has 1 aliphatic heterocycles. The van der Waals surface area contributed by atoms with Crippen LogP contribution in [0, 0.1) is 6.92 Å². The number of anilines is 2. The molecule has 4 rings (SSSR count). The van der Waals surface area contributed by atoms with Crippen LogP contribution < -0.4 is 21.3 Å². The highest BCUT2D eigenvalue weighted by molar-refractivity contribution is 6.03. The molecular weight excluding hydrogens is 444 g/mol. The largest absolute Gasteiger partial charge is 0.356 e. The van der Waals surface area contributed by atoms with Gasteiger partial charge in [-0.25, -0.2) is 4.79 Å². The second-order valence-corrected chi connectivity index (χ2v) is 9.14. The van der Waals surface area contributed by atoms with Crippen molar-refractivity contribution in [1.29, 1.82) is 0 Å². The van der Waals surface area contributed by atoms with Gasteiger partial charge >= 0.3 is 6.03 Å². The number of carbonyl (C=O) groups is 3. The van der Waals surface area contributed by atoms with Crippen molar-refractivity contribution in [2.24, 2.45) is 0 Å². The zero-order chi connectivity index (χ0) is 24.9. The number of hydrogen-bond donors (Lipinski definition) is 4.